The lowest BCUT2D eigenvalue weighted by Crippen LogP contribution is -2.33. The summed E-state index contributed by atoms with van der Waals surface area (Å²) in [5, 5.41) is 22.9. The first-order valence-electron chi connectivity index (χ1n) is 10.6. The van der Waals surface area contributed by atoms with E-state index in [1.807, 2.05) is 0 Å². The quantitative estimate of drug-likeness (QED) is 0.350. The van der Waals surface area contributed by atoms with Crippen LogP contribution in [0, 0.1) is 0 Å². The van der Waals surface area contributed by atoms with Crippen molar-refractivity contribution in [3.63, 3.8) is 0 Å². The molecule has 0 aromatic heterocycles. The summed E-state index contributed by atoms with van der Waals surface area (Å²) in [4.78, 5) is 25.7. The molecule has 168 valence electrons. The number of carbonyl (C=O) groups is 2. The number of nitrogens with one attached hydrogen (secondary N) is 1. The number of esters is 1. The smallest absolute Gasteiger partial charge is 0.340 e. The molecule has 2 heterocycles. The normalized spacial score (nSPS) is 14.6. The van der Waals surface area contributed by atoms with E-state index in [1.54, 1.807) is 30.3 Å². The van der Waals surface area contributed by atoms with E-state index in [0.29, 0.717) is 40.9 Å². The molecule has 3 aromatic carbocycles. The van der Waals surface area contributed by atoms with Crippen LogP contribution in [0.4, 0.5) is 0 Å². The molecule has 0 bridgehead atoms. The van der Waals surface area contributed by atoms with Gasteiger partial charge in [-0.15, -0.1) is 0 Å². The molecule has 2 aliphatic heterocycles. The Balaban J connectivity index is 1.67. The van der Waals surface area contributed by atoms with Crippen LogP contribution in [0.5, 0.6) is 23.0 Å². The van der Waals surface area contributed by atoms with Gasteiger partial charge in [0.25, 0.3) is 5.91 Å². The third-order valence-electron chi connectivity index (χ3n) is 5.95. The molecule has 5 rings (SSSR count). The fourth-order valence-electron chi connectivity index (χ4n) is 4.41. The van der Waals surface area contributed by atoms with Gasteiger partial charge in [0.05, 0.1) is 5.56 Å². The maximum Gasteiger partial charge on any atom is 0.340 e. The van der Waals surface area contributed by atoms with E-state index in [2.05, 4.69) is 5.32 Å². The van der Waals surface area contributed by atoms with Crippen LogP contribution in [-0.2, 0) is 10.3 Å². The largest absolute Gasteiger partial charge is 0.508 e. The minimum Gasteiger partial charge on any atom is -0.508 e. The average Bonchev–Trinajstić information content (AvgIpc) is 3.08. The molecule has 1 spiro atoms. The Labute approximate surface area is 189 Å². The van der Waals surface area contributed by atoms with Crippen LogP contribution in [0.15, 0.2) is 54.6 Å². The highest BCUT2D eigenvalue weighted by Gasteiger charge is 2.53. The fourth-order valence-corrected chi connectivity index (χ4v) is 4.41. The topological polar surface area (TPSA) is 131 Å². The number of aromatic hydroxyl groups is 2. The van der Waals surface area contributed by atoms with Gasteiger partial charge >= 0.3 is 5.97 Å². The Bertz CT molecular complexity index is 1230. The van der Waals surface area contributed by atoms with E-state index in [-0.39, 0.29) is 28.9 Å². The number of ether oxygens (including phenoxy) is 2. The van der Waals surface area contributed by atoms with Crippen molar-refractivity contribution < 1.29 is 29.3 Å². The Hall–Kier alpha value is -4.04. The van der Waals surface area contributed by atoms with E-state index in [4.69, 9.17) is 15.2 Å². The van der Waals surface area contributed by atoms with Gasteiger partial charge < -0.3 is 30.7 Å². The highest BCUT2D eigenvalue weighted by molar-refractivity contribution is 6.00. The van der Waals surface area contributed by atoms with Crippen LogP contribution < -0.4 is 15.8 Å². The zero-order valence-corrected chi connectivity index (χ0v) is 17.6. The van der Waals surface area contributed by atoms with E-state index in [1.165, 1.54) is 24.3 Å². The number of rotatable bonds is 5. The first-order valence-corrected chi connectivity index (χ1v) is 10.6. The summed E-state index contributed by atoms with van der Waals surface area (Å²) in [7, 11) is 0. The number of benzene rings is 3. The number of fused-ring (bicyclic) bond motifs is 6. The minimum absolute atomic E-state index is 0.0253. The molecule has 0 atom stereocenters. The van der Waals surface area contributed by atoms with Crippen LogP contribution in [0.25, 0.3) is 0 Å². The lowest BCUT2D eigenvalue weighted by molar-refractivity contribution is 0.0224. The second kappa shape index (κ2) is 7.83. The van der Waals surface area contributed by atoms with E-state index in [0.717, 1.165) is 12.8 Å². The SMILES string of the molecule is NCCCCNC(=O)c1ccc2c(c1)C1(OC2=O)c2ccc(O)cc2Oc2cc(O)ccc21. The number of hydrogen-bond acceptors (Lipinski definition) is 7. The van der Waals surface area contributed by atoms with Gasteiger partial charge in [0.2, 0.25) is 0 Å². The van der Waals surface area contributed by atoms with Crippen molar-refractivity contribution in [3.05, 3.63) is 82.4 Å². The minimum atomic E-state index is -1.40. The van der Waals surface area contributed by atoms with Crippen molar-refractivity contribution in [2.24, 2.45) is 5.73 Å². The van der Waals surface area contributed by atoms with E-state index >= 15 is 0 Å². The Kier molecular flexibility index (Phi) is 4.94. The predicted molar refractivity (Wildman–Crippen MR) is 119 cm³/mol. The van der Waals surface area contributed by atoms with Gasteiger partial charge in [0.1, 0.15) is 23.0 Å². The van der Waals surface area contributed by atoms with Gasteiger partial charge in [0.15, 0.2) is 5.60 Å². The molecule has 0 saturated carbocycles. The molecule has 0 radical (unpaired) electrons. The average molecular weight is 446 g/mol. The molecule has 1 amide bonds. The second-order valence-electron chi connectivity index (χ2n) is 8.05. The fraction of sp³-hybridized carbons (Fsp3) is 0.200. The second-order valence-corrected chi connectivity index (χ2v) is 8.05. The van der Waals surface area contributed by atoms with Crippen molar-refractivity contribution in [2.45, 2.75) is 18.4 Å². The maximum absolute atomic E-state index is 12.9. The first kappa shape index (κ1) is 20.8. The lowest BCUT2D eigenvalue weighted by Gasteiger charge is -2.36. The van der Waals surface area contributed by atoms with Gasteiger partial charge in [-0.3, -0.25) is 4.79 Å². The summed E-state index contributed by atoms with van der Waals surface area (Å²) >= 11 is 0. The van der Waals surface area contributed by atoms with Crippen molar-refractivity contribution in [3.8, 4) is 23.0 Å². The van der Waals surface area contributed by atoms with Crippen molar-refractivity contribution in [2.75, 3.05) is 13.1 Å². The summed E-state index contributed by atoms with van der Waals surface area (Å²) in [5.41, 5.74) is 6.32. The zero-order valence-electron chi connectivity index (χ0n) is 17.6. The molecule has 0 unspecified atom stereocenters. The summed E-state index contributed by atoms with van der Waals surface area (Å²) in [6.45, 7) is 1.05. The molecule has 8 nitrogen and oxygen atoms in total. The highest BCUT2D eigenvalue weighted by Crippen LogP contribution is 2.57. The number of amides is 1. The van der Waals surface area contributed by atoms with Crippen LogP contribution in [0.2, 0.25) is 0 Å². The molecule has 2 aliphatic rings. The van der Waals surface area contributed by atoms with Gasteiger partial charge in [-0.1, -0.05) is 0 Å². The molecular formula is C25H22N2O6. The Morgan fingerprint density at radius 2 is 1.58 bits per heavy atom. The standard InChI is InChI=1S/C25H22N2O6/c26-9-1-2-10-27-23(30)14-3-6-17-20(11-14)25(33-24(17)31)18-7-4-15(28)12-21(18)32-22-13-16(29)5-8-19(22)25/h3-8,11-13,28-29H,1-2,9-10,26H2,(H,27,30). The molecule has 5 N–H and O–H groups in total. The van der Waals surface area contributed by atoms with Crippen LogP contribution in [-0.4, -0.2) is 35.2 Å². The third kappa shape index (κ3) is 3.27. The van der Waals surface area contributed by atoms with E-state index in [9.17, 15) is 19.8 Å². The zero-order chi connectivity index (χ0) is 23.2. The molecule has 0 aliphatic carbocycles. The molecule has 0 saturated heterocycles. The molecular weight excluding hydrogens is 424 g/mol. The van der Waals surface area contributed by atoms with Crippen LogP contribution >= 0.6 is 0 Å². The Morgan fingerprint density at radius 3 is 2.21 bits per heavy atom. The summed E-state index contributed by atoms with van der Waals surface area (Å²) in [6.07, 6.45) is 1.58. The van der Waals surface area contributed by atoms with Crippen molar-refractivity contribution >= 4 is 11.9 Å². The van der Waals surface area contributed by atoms with Gasteiger partial charge in [-0.05, 0) is 61.9 Å². The third-order valence-corrected chi connectivity index (χ3v) is 5.95. The number of carbonyl (C=O) groups excluding carboxylic acids is 2. The number of unbranched alkanes of at least 4 members (excludes halogenated alkanes) is 1. The number of nitrogens with two attached hydrogens (primary N) is 1. The van der Waals surface area contributed by atoms with Crippen LogP contribution in [0.1, 0.15) is 50.2 Å². The molecule has 33 heavy (non-hydrogen) atoms. The van der Waals surface area contributed by atoms with Crippen molar-refractivity contribution in [1.82, 2.24) is 5.32 Å². The Morgan fingerprint density at radius 1 is 0.909 bits per heavy atom. The van der Waals surface area contributed by atoms with Gasteiger partial charge in [-0.2, -0.15) is 0 Å². The van der Waals surface area contributed by atoms with E-state index < -0.39 is 11.6 Å². The maximum atomic E-state index is 12.9. The van der Waals surface area contributed by atoms with Gasteiger partial charge in [-0.25, -0.2) is 4.79 Å². The number of hydrogen-bond donors (Lipinski definition) is 4. The predicted octanol–water partition coefficient (Wildman–Crippen LogP) is 3.13. The number of phenolic OH excluding ortho intramolecular Hbond substituents is 2. The summed E-state index contributed by atoms with van der Waals surface area (Å²) < 4.78 is 11.9. The first-order chi connectivity index (χ1) is 15.9. The van der Waals surface area contributed by atoms with Crippen molar-refractivity contribution in [1.29, 1.82) is 0 Å². The number of phenols is 2. The van der Waals surface area contributed by atoms with Crippen LogP contribution in [0.3, 0.4) is 0 Å². The highest BCUT2D eigenvalue weighted by atomic mass is 16.6. The molecule has 0 fully saturated rings. The molecule has 8 heteroatoms. The van der Waals surface area contributed by atoms with Gasteiger partial charge in [0, 0.05) is 40.9 Å². The summed E-state index contributed by atoms with van der Waals surface area (Å²) in [5.74, 6) is -0.297. The molecule has 3 aromatic rings. The lowest BCUT2D eigenvalue weighted by atomic mass is 9.77. The summed E-state index contributed by atoms with van der Waals surface area (Å²) in [6, 6.07) is 13.9. The monoisotopic (exact) mass is 446 g/mol.